The van der Waals surface area contributed by atoms with E-state index in [9.17, 15) is 26.8 Å². The first kappa shape index (κ1) is 34.8. The fourth-order valence-electron chi connectivity index (χ4n) is 4.61. The van der Waals surface area contributed by atoms with Crippen molar-refractivity contribution in [2.45, 2.75) is 71.2 Å². The number of amides is 1. The maximum absolute atomic E-state index is 13.9. The number of carbonyl (C=O) groups excluding carboxylic acids is 2. The van der Waals surface area contributed by atoms with E-state index in [1.165, 1.54) is 6.07 Å². The second kappa shape index (κ2) is 16.4. The zero-order valence-corrected chi connectivity index (χ0v) is 26.1. The van der Waals surface area contributed by atoms with Crippen LogP contribution in [0.15, 0.2) is 48.5 Å². The molecular weight excluding hydrogens is 592 g/mol. The third-order valence-corrected chi connectivity index (χ3v) is 8.73. The van der Waals surface area contributed by atoms with Gasteiger partial charge in [-0.2, -0.15) is 5.10 Å². The number of aromatic nitrogens is 2. The van der Waals surface area contributed by atoms with Gasteiger partial charge in [-0.3, -0.25) is 9.89 Å². The summed E-state index contributed by atoms with van der Waals surface area (Å²) in [5, 5.41) is 12.1. The van der Waals surface area contributed by atoms with Crippen molar-refractivity contribution in [3.63, 3.8) is 0 Å². The lowest BCUT2D eigenvalue weighted by Crippen LogP contribution is -2.52. The largest absolute Gasteiger partial charge is 0.458 e. The molecule has 44 heavy (non-hydrogen) atoms. The van der Waals surface area contributed by atoms with E-state index in [-0.39, 0.29) is 30.0 Å². The molecule has 3 atom stereocenters. The third-order valence-electron chi connectivity index (χ3n) is 6.98. The van der Waals surface area contributed by atoms with Gasteiger partial charge in [0.25, 0.3) is 5.91 Å². The average molecular weight is 634 g/mol. The lowest BCUT2D eigenvalue weighted by molar-refractivity contribution is -0.151. The molecule has 240 valence electrons. The number of rotatable bonds is 17. The van der Waals surface area contributed by atoms with Gasteiger partial charge in [0.1, 0.15) is 29.5 Å². The summed E-state index contributed by atoms with van der Waals surface area (Å²) in [6, 6.07) is 9.92. The summed E-state index contributed by atoms with van der Waals surface area (Å²) in [6.07, 6.45) is 0.779. The van der Waals surface area contributed by atoms with Crippen LogP contribution < -0.4 is 16.4 Å². The molecule has 10 nitrogen and oxygen atoms in total. The molecule has 1 amide bonds. The Hall–Kier alpha value is -3.68. The van der Waals surface area contributed by atoms with Crippen LogP contribution in [0, 0.1) is 18.6 Å². The number of ether oxygens (including phenoxy) is 1. The van der Waals surface area contributed by atoms with Gasteiger partial charge >= 0.3 is 5.97 Å². The maximum Gasteiger partial charge on any atom is 0.330 e. The number of nitrogens with two attached hydrogens (primary N) is 1. The highest BCUT2D eigenvalue weighted by atomic mass is 32.2. The molecule has 3 rings (SSSR count). The predicted octanol–water partition coefficient (Wildman–Crippen LogP) is 3.14. The van der Waals surface area contributed by atoms with Gasteiger partial charge in [-0.1, -0.05) is 44.5 Å². The number of unbranched alkanes of at least 4 members (excludes halogenated alkanes) is 1. The zero-order chi connectivity index (χ0) is 32.3. The topological polar surface area (TPSA) is 156 Å². The number of nitrogens with zero attached hydrogens (tertiary/aromatic N) is 1. The molecule has 0 fully saturated rings. The van der Waals surface area contributed by atoms with Crippen LogP contribution in [-0.4, -0.2) is 66.7 Å². The van der Waals surface area contributed by atoms with Gasteiger partial charge in [0.05, 0.1) is 17.2 Å². The van der Waals surface area contributed by atoms with Gasteiger partial charge in [0, 0.05) is 25.2 Å². The molecule has 0 bridgehead atoms. The van der Waals surface area contributed by atoms with Crippen LogP contribution in [0.5, 0.6) is 0 Å². The maximum atomic E-state index is 13.9. The minimum absolute atomic E-state index is 0.0428. The molecular formula is C31H41F2N5O5S. The van der Waals surface area contributed by atoms with Gasteiger partial charge in [-0.25, -0.2) is 22.0 Å². The van der Waals surface area contributed by atoms with E-state index in [0.29, 0.717) is 25.1 Å². The summed E-state index contributed by atoms with van der Waals surface area (Å²) >= 11 is 0. The Labute approximate surface area is 257 Å². The van der Waals surface area contributed by atoms with Crippen molar-refractivity contribution in [1.29, 1.82) is 0 Å². The van der Waals surface area contributed by atoms with E-state index in [1.54, 1.807) is 6.92 Å². The van der Waals surface area contributed by atoms with Crippen LogP contribution in [0.3, 0.4) is 0 Å². The lowest BCUT2D eigenvalue weighted by atomic mass is 10.0. The van der Waals surface area contributed by atoms with Crippen molar-refractivity contribution in [3.8, 4) is 0 Å². The molecule has 1 heterocycles. The molecule has 0 saturated heterocycles. The summed E-state index contributed by atoms with van der Waals surface area (Å²) in [4.78, 5) is 26.4. The monoisotopic (exact) mass is 633 g/mol. The van der Waals surface area contributed by atoms with Crippen LogP contribution in [0.2, 0.25) is 0 Å². The molecule has 0 aliphatic heterocycles. The minimum atomic E-state index is -3.76. The number of aromatic amines is 1. The summed E-state index contributed by atoms with van der Waals surface area (Å²) in [5.74, 6) is -4.14. The summed E-state index contributed by atoms with van der Waals surface area (Å²) in [5.41, 5.74) is 9.39. The van der Waals surface area contributed by atoms with Crippen molar-refractivity contribution in [2.24, 2.45) is 5.73 Å². The number of halogens is 2. The first-order valence-electron chi connectivity index (χ1n) is 14.6. The molecule has 0 spiro atoms. The second-order valence-electron chi connectivity index (χ2n) is 10.8. The van der Waals surface area contributed by atoms with Gasteiger partial charge in [0.2, 0.25) is 0 Å². The molecule has 3 aromatic rings. The van der Waals surface area contributed by atoms with E-state index >= 15 is 0 Å². The van der Waals surface area contributed by atoms with Crippen LogP contribution in [0.25, 0.3) is 0 Å². The van der Waals surface area contributed by atoms with Crippen molar-refractivity contribution in [2.75, 3.05) is 18.1 Å². The number of esters is 1. The van der Waals surface area contributed by atoms with Crippen molar-refractivity contribution in [1.82, 2.24) is 20.8 Å². The second-order valence-corrected chi connectivity index (χ2v) is 13.1. The highest BCUT2D eigenvalue weighted by Crippen LogP contribution is 2.14. The highest BCUT2D eigenvalue weighted by Gasteiger charge is 2.32. The molecule has 2 aromatic carbocycles. The molecule has 1 aromatic heterocycles. The summed E-state index contributed by atoms with van der Waals surface area (Å²) in [6.45, 7) is 6.00. The molecule has 0 saturated carbocycles. The smallest absolute Gasteiger partial charge is 0.330 e. The van der Waals surface area contributed by atoms with Gasteiger partial charge in [-0.05, 0) is 61.1 Å². The van der Waals surface area contributed by atoms with E-state index in [4.69, 9.17) is 10.5 Å². The normalized spacial score (nSPS) is 13.7. The van der Waals surface area contributed by atoms with Gasteiger partial charge in [0.15, 0.2) is 9.84 Å². The minimum Gasteiger partial charge on any atom is -0.458 e. The number of aryl methyl sites for hydroxylation is 2. The van der Waals surface area contributed by atoms with Crippen LogP contribution in [0.1, 0.15) is 59.6 Å². The van der Waals surface area contributed by atoms with E-state index < -0.39 is 57.3 Å². The first-order valence-corrected chi connectivity index (χ1v) is 16.4. The van der Waals surface area contributed by atoms with Gasteiger partial charge < -0.3 is 21.1 Å². The summed E-state index contributed by atoms with van der Waals surface area (Å²) < 4.78 is 59.2. The number of nitrogens with one attached hydrogen (secondary N) is 3. The third kappa shape index (κ3) is 11.1. The number of hydrogen-bond acceptors (Lipinski definition) is 8. The lowest BCUT2D eigenvalue weighted by Gasteiger charge is -2.27. The Morgan fingerprint density at radius 1 is 1.05 bits per heavy atom. The van der Waals surface area contributed by atoms with E-state index in [2.05, 4.69) is 20.8 Å². The van der Waals surface area contributed by atoms with Gasteiger partial charge in [-0.15, -0.1) is 0 Å². The fraction of sp³-hybridized carbons (Fsp3) is 0.452. The zero-order valence-electron chi connectivity index (χ0n) is 25.2. The standard InChI is InChI=1S/C31H41F2N5O5S/c1-4-6-10-44(41,42)19-28(36-30(39)27-11-20(3)37-38-27)31(40)43-29(18-35-17-22-9-7-8-21(5-2)12-22)26(34)15-23-13-24(32)16-25(33)14-23/h7-9,11-14,16,26,28-29,35H,4-6,10,15,17-19,34H2,1-3H3,(H,36,39)(H,37,38)/t26-,28+,29+/m0/s1. The Morgan fingerprint density at radius 3 is 2.39 bits per heavy atom. The number of benzene rings is 2. The quantitative estimate of drug-likeness (QED) is 0.165. The Balaban J connectivity index is 1.83. The number of carbonyl (C=O) groups is 2. The Bertz CT molecular complexity index is 1490. The molecule has 0 aliphatic rings. The Morgan fingerprint density at radius 2 is 1.75 bits per heavy atom. The van der Waals surface area contributed by atoms with Crippen LogP contribution in [-0.2, 0) is 38.8 Å². The molecule has 0 radical (unpaired) electrons. The number of H-pyrrole nitrogens is 1. The molecule has 0 unspecified atom stereocenters. The SMILES string of the molecule is CCCCS(=O)(=O)C[C@@H](NC(=O)c1cc(C)n[nH]1)C(=O)O[C@H](CNCc1cccc(CC)c1)[C@@H](N)Cc1cc(F)cc(F)c1. The van der Waals surface area contributed by atoms with Crippen LogP contribution >= 0.6 is 0 Å². The van der Waals surface area contributed by atoms with E-state index in [0.717, 1.165) is 35.7 Å². The Kier molecular flexibility index (Phi) is 13.0. The fourth-order valence-corrected chi connectivity index (χ4v) is 6.23. The van der Waals surface area contributed by atoms with Crippen molar-refractivity contribution in [3.05, 3.63) is 88.2 Å². The first-order chi connectivity index (χ1) is 20.9. The number of hydrogen-bond donors (Lipinski definition) is 4. The molecule has 13 heteroatoms. The predicted molar refractivity (Wildman–Crippen MR) is 164 cm³/mol. The van der Waals surface area contributed by atoms with Crippen molar-refractivity contribution < 1.29 is 31.5 Å². The summed E-state index contributed by atoms with van der Waals surface area (Å²) in [7, 11) is -3.76. The highest BCUT2D eigenvalue weighted by molar-refractivity contribution is 7.91. The average Bonchev–Trinajstić information content (AvgIpc) is 3.41. The van der Waals surface area contributed by atoms with Crippen LogP contribution in [0.4, 0.5) is 8.78 Å². The number of sulfone groups is 1. The van der Waals surface area contributed by atoms with Crippen molar-refractivity contribution >= 4 is 21.7 Å². The molecule has 5 N–H and O–H groups in total. The van der Waals surface area contributed by atoms with E-state index in [1.807, 2.05) is 38.1 Å². The molecule has 0 aliphatic carbocycles.